The third kappa shape index (κ3) is 5.18. The summed E-state index contributed by atoms with van der Waals surface area (Å²) in [5, 5.41) is 9.16. The minimum Gasteiger partial charge on any atom is -0.459 e. The molecule has 0 radical (unpaired) electrons. The van der Waals surface area contributed by atoms with Gasteiger partial charge in [-0.15, -0.1) is 0 Å². The average Bonchev–Trinajstić information content (AvgIpc) is 3.08. The highest BCUT2D eigenvalue weighted by atomic mass is 16.3. The molecule has 0 saturated carbocycles. The lowest BCUT2D eigenvalue weighted by Gasteiger charge is -2.09. The van der Waals surface area contributed by atoms with Crippen LogP contribution in [0, 0.1) is 0 Å². The minimum absolute atomic E-state index is 0.267. The summed E-state index contributed by atoms with van der Waals surface area (Å²) in [5.74, 6) is 0.798. The molecule has 1 heterocycles. The number of benzene rings is 1. The largest absolute Gasteiger partial charge is 0.459 e. The van der Waals surface area contributed by atoms with E-state index in [1.54, 1.807) is 12.1 Å². The average molecular weight is 314 g/mol. The van der Waals surface area contributed by atoms with Crippen molar-refractivity contribution in [2.24, 2.45) is 4.99 Å². The highest BCUT2D eigenvalue weighted by molar-refractivity contribution is 6.02. The maximum absolute atomic E-state index is 12.0. The lowest BCUT2D eigenvalue weighted by molar-refractivity contribution is 0.0996. The number of hydrogen-bond acceptors (Lipinski definition) is 3. The topological polar surface area (TPSA) is 78.7 Å². The predicted molar refractivity (Wildman–Crippen MR) is 91.6 cm³/mol. The van der Waals surface area contributed by atoms with Crippen molar-refractivity contribution in [2.75, 3.05) is 18.4 Å². The summed E-state index contributed by atoms with van der Waals surface area (Å²) < 4.78 is 5.08. The molecule has 0 saturated heterocycles. The molecule has 23 heavy (non-hydrogen) atoms. The van der Waals surface area contributed by atoms with Crippen LogP contribution in [-0.4, -0.2) is 25.0 Å². The van der Waals surface area contributed by atoms with Gasteiger partial charge < -0.3 is 20.4 Å². The maximum Gasteiger partial charge on any atom is 0.291 e. The Balaban J connectivity index is 2.01. The molecule has 0 aliphatic carbocycles. The van der Waals surface area contributed by atoms with Gasteiger partial charge in [-0.25, -0.2) is 4.99 Å². The second-order valence-electron chi connectivity index (χ2n) is 4.86. The summed E-state index contributed by atoms with van der Waals surface area (Å²) >= 11 is 0. The van der Waals surface area contributed by atoms with Gasteiger partial charge in [0.15, 0.2) is 11.7 Å². The molecule has 0 unspecified atom stereocenters. The Labute approximate surface area is 136 Å². The Hall–Kier alpha value is -2.76. The van der Waals surface area contributed by atoms with E-state index in [1.807, 2.05) is 38.1 Å². The van der Waals surface area contributed by atoms with Gasteiger partial charge >= 0.3 is 0 Å². The predicted octanol–water partition coefficient (Wildman–Crippen LogP) is 2.61. The second kappa shape index (κ2) is 8.63. The molecule has 0 spiro atoms. The van der Waals surface area contributed by atoms with Gasteiger partial charge in [0.05, 0.1) is 12.8 Å². The van der Waals surface area contributed by atoms with E-state index < -0.39 is 0 Å². The van der Waals surface area contributed by atoms with Gasteiger partial charge in [-0.05, 0) is 43.7 Å². The molecule has 0 aliphatic heterocycles. The fraction of sp³-hybridized carbons (Fsp3) is 0.294. The molecule has 3 N–H and O–H groups in total. The number of rotatable bonds is 6. The summed E-state index contributed by atoms with van der Waals surface area (Å²) in [6, 6.07) is 10.9. The lowest BCUT2D eigenvalue weighted by atomic mass is 10.2. The molecule has 0 bridgehead atoms. The Morgan fingerprint density at radius 1 is 1.13 bits per heavy atom. The zero-order valence-electron chi connectivity index (χ0n) is 13.4. The molecule has 0 fully saturated rings. The Morgan fingerprint density at radius 3 is 2.57 bits per heavy atom. The molecular weight excluding hydrogens is 292 g/mol. The second-order valence-corrected chi connectivity index (χ2v) is 4.86. The van der Waals surface area contributed by atoms with Gasteiger partial charge in [0, 0.05) is 18.8 Å². The summed E-state index contributed by atoms with van der Waals surface area (Å²) in [7, 11) is 0. The molecule has 0 aliphatic rings. The SMILES string of the molecule is CCNC(=NCc1cccc(NC(=O)c2ccco2)c1)NCC. The molecular formula is C17H22N4O2. The number of furan rings is 1. The highest BCUT2D eigenvalue weighted by Crippen LogP contribution is 2.13. The number of amides is 1. The summed E-state index contributed by atoms with van der Waals surface area (Å²) in [4.78, 5) is 16.5. The number of anilines is 1. The Morgan fingerprint density at radius 2 is 1.91 bits per heavy atom. The van der Waals surface area contributed by atoms with Crippen LogP contribution in [-0.2, 0) is 6.54 Å². The summed E-state index contributed by atoms with van der Waals surface area (Å²) in [6.07, 6.45) is 1.48. The molecule has 6 heteroatoms. The zero-order valence-corrected chi connectivity index (χ0v) is 13.4. The molecule has 122 valence electrons. The fourth-order valence-corrected chi connectivity index (χ4v) is 2.03. The minimum atomic E-state index is -0.267. The van der Waals surface area contributed by atoms with E-state index in [2.05, 4.69) is 20.9 Å². The van der Waals surface area contributed by atoms with Gasteiger partial charge in [0.2, 0.25) is 0 Å². The number of carbonyl (C=O) groups excluding carboxylic acids is 1. The first-order valence-corrected chi connectivity index (χ1v) is 7.69. The molecule has 1 aromatic carbocycles. The number of aliphatic imine (C=N–C) groups is 1. The number of carbonyl (C=O) groups is 1. The third-order valence-corrected chi connectivity index (χ3v) is 3.04. The zero-order chi connectivity index (χ0) is 16.5. The van der Waals surface area contributed by atoms with Gasteiger partial charge in [0.25, 0.3) is 5.91 Å². The van der Waals surface area contributed by atoms with Crippen LogP contribution in [0.15, 0.2) is 52.1 Å². The maximum atomic E-state index is 12.0. The molecule has 2 rings (SSSR count). The van der Waals surface area contributed by atoms with Gasteiger partial charge in [-0.2, -0.15) is 0 Å². The Bertz CT molecular complexity index is 642. The van der Waals surface area contributed by atoms with E-state index >= 15 is 0 Å². The van der Waals surface area contributed by atoms with Crippen LogP contribution in [0.5, 0.6) is 0 Å². The van der Waals surface area contributed by atoms with Crippen molar-refractivity contribution >= 4 is 17.6 Å². The highest BCUT2D eigenvalue weighted by Gasteiger charge is 2.08. The van der Waals surface area contributed by atoms with Crippen molar-refractivity contribution in [1.82, 2.24) is 10.6 Å². The first kappa shape index (κ1) is 16.6. The Kier molecular flexibility index (Phi) is 6.23. The van der Waals surface area contributed by atoms with Crippen LogP contribution in [0.2, 0.25) is 0 Å². The van der Waals surface area contributed by atoms with Crippen molar-refractivity contribution in [1.29, 1.82) is 0 Å². The van der Waals surface area contributed by atoms with Crippen LogP contribution in [0.3, 0.4) is 0 Å². The van der Waals surface area contributed by atoms with E-state index in [4.69, 9.17) is 4.42 Å². The summed E-state index contributed by atoms with van der Waals surface area (Å²) in [6.45, 7) is 6.20. The summed E-state index contributed by atoms with van der Waals surface area (Å²) in [5.41, 5.74) is 1.73. The van der Waals surface area contributed by atoms with Crippen molar-refractivity contribution in [3.05, 3.63) is 54.0 Å². The van der Waals surface area contributed by atoms with E-state index in [9.17, 15) is 4.79 Å². The van der Waals surface area contributed by atoms with Crippen LogP contribution in [0.4, 0.5) is 5.69 Å². The van der Waals surface area contributed by atoms with Crippen LogP contribution < -0.4 is 16.0 Å². The van der Waals surface area contributed by atoms with Crippen LogP contribution >= 0.6 is 0 Å². The molecule has 2 aromatic rings. The quantitative estimate of drug-likeness (QED) is 0.566. The third-order valence-electron chi connectivity index (χ3n) is 3.04. The van der Waals surface area contributed by atoms with Crippen LogP contribution in [0.25, 0.3) is 0 Å². The standard InChI is InChI=1S/C17H22N4O2/c1-3-18-17(19-4-2)20-12-13-7-5-8-14(11-13)21-16(22)15-9-6-10-23-15/h5-11H,3-4,12H2,1-2H3,(H,21,22)(H2,18,19,20). The van der Waals surface area contributed by atoms with Crippen molar-refractivity contribution in [3.8, 4) is 0 Å². The van der Waals surface area contributed by atoms with E-state index in [0.717, 1.165) is 24.6 Å². The molecule has 0 atom stereocenters. The van der Waals surface area contributed by atoms with E-state index in [1.165, 1.54) is 6.26 Å². The van der Waals surface area contributed by atoms with Crippen LogP contribution in [0.1, 0.15) is 30.0 Å². The first-order chi connectivity index (χ1) is 11.2. The number of hydrogen-bond donors (Lipinski definition) is 3. The molecule has 6 nitrogen and oxygen atoms in total. The normalized spacial score (nSPS) is 10.0. The van der Waals surface area contributed by atoms with Crippen molar-refractivity contribution in [2.45, 2.75) is 20.4 Å². The lowest BCUT2D eigenvalue weighted by Crippen LogP contribution is -2.36. The number of nitrogens with zero attached hydrogens (tertiary/aromatic N) is 1. The van der Waals surface area contributed by atoms with Gasteiger partial charge in [-0.3, -0.25) is 4.79 Å². The number of nitrogens with one attached hydrogen (secondary N) is 3. The smallest absolute Gasteiger partial charge is 0.291 e. The first-order valence-electron chi connectivity index (χ1n) is 7.69. The van der Waals surface area contributed by atoms with Crippen molar-refractivity contribution < 1.29 is 9.21 Å². The monoisotopic (exact) mass is 314 g/mol. The van der Waals surface area contributed by atoms with Crippen molar-refractivity contribution in [3.63, 3.8) is 0 Å². The molecule has 1 amide bonds. The van der Waals surface area contributed by atoms with E-state index in [-0.39, 0.29) is 11.7 Å². The fourth-order valence-electron chi connectivity index (χ4n) is 2.03. The van der Waals surface area contributed by atoms with Gasteiger partial charge in [0.1, 0.15) is 0 Å². The number of guanidine groups is 1. The van der Waals surface area contributed by atoms with Gasteiger partial charge in [-0.1, -0.05) is 12.1 Å². The molecule has 1 aromatic heterocycles. The van der Waals surface area contributed by atoms with E-state index in [0.29, 0.717) is 12.2 Å².